The molecule has 4 rings (SSSR count). The zero-order valence-electron chi connectivity index (χ0n) is 21.7. The largest absolute Gasteiger partial charge is 0.518 e. The summed E-state index contributed by atoms with van der Waals surface area (Å²) < 4.78 is 15.1. The van der Waals surface area contributed by atoms with Crippen LogP contribution in [-0.2, 0) is 9.59 Å². The van der Waals surface area contributed by atoms with Crippen LogP contribution in [0.1, 0.15) is 55.4 Å². The molecule has 0 saturated carbocycles. The number of likely N-dealkylation sites (tertiary alicyclic amines) is 1. The zero-order chi connectivity index (χ0) is 28.3. The van der Waals surface area contributed by atoms with Gasteiger partial charge in [0.1, 0.15) is 23.7 Å². The summed E-state index contributed by atoms with van der Waals surface area (Å²) in [4.78, 5) is 65.7. The van der Waals surface area contributed by atoms with Crippen LogP contribution in [0.3, 0.4) is 0 Å². The first kappa shape index (κ1) is 27.5. The van der Waals surface area contributed by atoms with Gasteiger partial charge in [-0.05, 0) is 43.4 Å². The summed E-state index contributed by atoms with van der Waals surface area (Å²) in [5.74, 6) is -2.81. The van der Waals surface area contributed by atoms with E-state index in [1.54, 1.807) is 24.3 Å². The van der Waals surface area contributed by atoms with Gasteiger partial charge in [0.25, 0.3) is 5.91 Å². The topological polar surface area (TPSA) is 184 Å². The number of rotatable bonds is 10. The Kier molecular flexibility index (Phi) is 8.07. The van der Waals surface area contributed by atoms with E-state index < -0.39 is 47.6 Å². The lowest BCUT2D eigenvalue weighted by molar-refractivity contribution is -0.130. The highest BCUT2D eigenvalue weighted by Crippen LogP contribution is 2.29. The van der Waals surface area contributed by atoms with Crippen LogP contribution < -0.4 is 21.2 Å². The number of carboxylic acid groups (broad SMARTS) is 1. The summed E-state index contributed by atoms with van der Waals surface area (Å²) in [5, 5.41) is 15.4. The quantitative estimate of drug-likeness (QED) is 0.299. The maximum atomic E-state index is 13.4. The highest BCUT2D eigenvalue weighted by molar-refractivity contribution is 6.01. The minimum Gasteiger partial charge on any atom is -0.496 e. The van der Waals surface area contributed by atoms with Gasteiger partial charge in [0, 0.05) is 23.4 Å². The molecule has 3 atom stereocenters. The van der Waals surface area contributed by atoms with Gasteiger partial charge in [0.15, 0.2) is 5.76 Å². The molecule has 0 aliphatic carbocycles. The van der Waals surface area contributed by atoms with E-state index in [0.717, 1.165) is 6.26 Å². The van der Waals surface area contributed by atoms with E-state index in [4.69, 9.17) is 13.6 Å². The number of carbonyl (C=O) groups is 4. The minimum absolute atomic E-state index is 0.0211. The molecular formula is C26H30N4O9. The Bertz CT molecular complexity index is 1440. The highest BCUT2D eigenvalue weighted by Gasteiger charge is 2.38. The van der Waals surface area contributed by atoms with Gasteiger partial charge in [-0.3, -0.25) is 14.4 Å². The summed E-state index contributed by atoms with van der Waals surface area (Å²) in [6.07, 6.45) is 0.192. The van der Waals surface area contributed by atoms with Gasteiger partial charge in [-0.2, -0.15) is 0 Å². The normalized spacial score (nSPS) is 16.9. The van der Waals surface area contributed by atoms with Crippen molar-refractivity contribution in [1.82, 2.24) is 20.5 Å². The molecule has 0 bridgehead atoms. The number of amides is 4. The Hall–Kier alpha value is -4.55. The number of fused-ring (bicyclic) bond motifs is 1. The summed E-state index contributed by atoms with van der Waals surface area (Å²) in [6, 6.07) is 5.04. The van der Waals surface area contributed by atoms with E-state index >= 15 is 0 Å². The van der Waals surface area contributed by atoms with Crippen molar-refractivity contribution in [3.05, 3.63) is 52.6 Å². The summed E-state index contributed by atoms with van der Waals surface area (Å²) in [6.45, 7) is 3.81. The lowest BCUT2D eigenvalue weighted by Crippen LogP contribution is -2.48. The zero-order valence-corrected chi connectivity index (χ0v) is 21.7. The van der Waals surface area contributed by atoms with Crippen molar-refractivity contribution in [3.63, 3.8) is 0 Å². The van der Waals surface area contributed by atoms with Crippen LogP contribution in [0, 0.1) is 11.8 Å². The van der Waals surface area contributed by atoms with E-state index in [9.17, 15) is 29.1 Å². The Morgan fingerprint density at radius 1 is 1.23 bits per heavy atom. The molecule has 39 heavy (non-hydrogen) atoms. The van der Waals surface area contributed by atoms with Crippen LogP contribution in [0.5, 0.6) is 5.75 Å². The Morgan fingerprint density at radius 2 is 2.00 bits per heavy atom. The van der Waals surface area contributed by atoms with Gasteiger partial charge in [-0.25, -0.2) is 14.5 Å². The molecule has 4 N–H and O–H groups in total. The number of aromatic nitrogens is 1. The molecule has 1 aliphatic rings. The Morgan fingerprint density at radius 3 is 2.62 bits per heavy atom. The van der Waals surface area contributed by atoms with Crippen LogP contribution in [0.25, 0.3) is 10.9 Å². The fourth-order valence-electron chi connectivity index (χ4n) is 4.72. The van der Waals surface area contributed by atoms with Crippen molar-refractivity contribution >= 4 is 34.7 Å². The lowest BCUT2D eigenvalue weighted by Gasteiger charge is -2.24. The monoisotopic (exact) mass is 542 g/mol. The third kappa shape index (κ3) is 6.13. The van der Waals surface area contributed by atoms with E-state index in [-0.39, 0.29) is 36.8 Å². The number of H-pyrrole nitrogens is 1. The average Bonchev–Trinajstić information content (AvgIpc) is 3.61. The number of benzene rings is 1. The SMILES string of the molecule is COc1cccc2[nH]c(C(=O)NC(CC(C)C)C(=O)NC(C[C@@H]3CCN(C(=O)O)C3=O)c3coc(=O)o3)cc12. The third-order valence-corrected chi connectivity index (χ3v) is 6.62. The molecule has 0 spiro atoms. The second-order valence-electron chi connectivity index (χ2n) is 9.81. The summed E-state index contributed by atoms with van der Waals surface area (Å²) in [7, 11) is 1.53. The summed E-state index contributed by atoms with van der Waals surface area (Å²) in [5.41, 5.74) is 0.926. The smallest absolute Gasteiger partial charge is 0.496 e. The second kappa shape index (κ2) is 11.5. The fourth-order valence-corrected chi connectivity index (χ4v) is 4.72. The van der Waals surface area contributed by atoms with Gasteiger partial charge in [0.2, 0.25) is 11.8 Å². The second-order valence-corrected chi connectivity index (χ2v) is 9.81. The number of aromatic amines is 1. The van der Waals surface area contributed by atoms with E-state index in [1.807, 2.05) is 13.8 Å². The molecule has 1 aliphatic heterocycles. The molecular weight excluding hydrogens is 512 g/mol. The minimum atomic E-state index is -1.35. The first-order valence-electron chi connectivity index (χ1n) is 12.5. The standard InChI is InChI=1S/C26H30N4O9/c1-13(2)9-18(29-23(32)19-11-15-16(27-19)5-4-6-20(15)37-3)22(31)28-17(21-12-38-26(36)39-21)10-14-7-8-30(24(14)33)25(34)35/h4-6,11-14,17-18,27H,7-10H2,1-3H3,(H,28,31)(H,29,32)(H,34,35)/t14-,17?,18?/m0/s1. The van der Waals surface area contributed by atoms with Crippen molar-refractivity contribution in [2.45, 2.75) is 45.2 Å². The fraction of sp³-hybridized carbons (Fsp3) is 0.423. The van der Waals surface area contributed by atoms with Gasteiger partial charge in [-0.15, -0.1) is 0 Å². The number of nitrogens with zero attached hydrogens (tertiary/aromatic N) is 1. The average molecular weight is 543 g/mol. The number of hydrogen-bond donors (Lipinski definition) is 4. The maximum absolute atomic E-state index is 13.4. The molecule has 13 nitrogen and oxygen atoms in total. The summed E-state index contributed by atoms with van der Waals surface area (Å²) >= 11 is 0. The number of ether oxygens (including phenoxy) is 1. The first-order chi connectivity index (χ1) is 18.6. The van der Waals surface area contributed by atoms with Crippen LogP contribution >= 0.6 is 0 Å². The van der Waals surface area contributed by atoms with Crippen LogP contribution in [0.4, 0.5) is 4.79 Å². The van der Waals surface area contributed by atoms with Crippen LogP contribution in [0.2, 0.25) is 0 Å². The Balaban J connectivity index is 1.53. The number of nitrogens with one attached hydrogen (secondary N) is 3. The van der Waals surface area contributed by atoms with Crippen LogP contribution in [0.15, 0.2) is 44.2 Å². The van der Waals surface area contributed by atoms with Crippen molar-refractivity contribution in [1.29, 1.82) is 0 Å². The molecule has 2 aromatic heterocycles. The number of carbonyl (C=O) groups excluding carboxylic acids is 3. The van der Waals surface area contributed by atoms with Crippen LogP contribution in [-0.4, -0.2) is 58.5 Å². The molecule has 13 heteroatoms. The molecule has 2 unspecified atom stereocenters. The molecule has 0 radical (unpaired) electrons. The van der Waals surface area contributed by atoms with Gasteiger partial charge >= 0.3 is 11.9 Å². The predicted octanol–water partition coefficient (Wildman–Crippen LogP) is 2.64. The maximum Gasteiger partial charge on any atom is 0.518 e. The van der Waals surface area contributed by atoms with Crippen molar-refractivity contribution in [2.24, 2.45) is 11.8 Å². The van der Waals surface area contributed by atoms with Crippen molar-refractivity contribution in [2.75, 3.05) is 13.7 Å². The van der Waals surface area contributed by atoms with Crippen molar-refractivity contribution in [3.8, 4) is 5.75 Å². The highest BCUT2D eigenvalue weighted by atomic mass is 16.6. The first-order valence-corrected chi connectivity index (χ1v) is 12.5. The molecule has 3 aromatic rings. The van der Waals surface area contributed by atoms with Crippen molar-refractivity contribution < 1.29 is 37.9 Å². The molecule has 208 valence electrons. The van der Waals surface area contributed by atoms with E-state index in [1.165, 1.54) is 7.11 Å². The van der Waals surface area contributed by atoms with Gasteiger partial charge < -0.3 is 34.3 Å². The van der Waals surface area contributed by atoms with E-state index in [2.05, 4.69) is 15.6 Å². The van der Waals surface area contributed by atoms with E-state index in [0.29, 0.717) is 28.0 Å². The molecule has 4 amide bonds. The number of hydrogen-bond acceptors (Lipinski definition) is 8. The number of imide groups is 1. The van der Waals surface area contributed by atoms with Gasteiger partial charge in [-0.1, -0.05) is 19.9 Å². The molecule has 1 fully saturated rings. The van der Waals surface area contributed by atoms with Gasteiger partial charge in [0.05, 0.1) is 13.2 Å². The lowest BCUT2D eigenvalue weighted by atomic mass is 9.96. The number of methoxy groups -OCH3 is 1. The molecule has 1 saturated heterocycles. The molecule has 3 heterocycles. The third-order valence-electron chi connectivity index (χ3n) is 6.62. The Labute approximate surface area is 222 Å². The molecule has 1 aromatic carbocycles. The predicted molar refractivity (Wildman–Crippen MR) is 136 cm³/mol.